The van der Waals surface area contributed by atoms with E-state index in [-0.39, 0.29) is 23.3 Å². The van der Waals surface area contributed by atoms with Crippen LogP contribution in [0.25, 0.3) is 0 Å². The molecule has 0 radical (unpaired) electrons. The van der Waals surface area contributed by atoms with Gasteiger partial charge in [-0.1, -0.05) is 12.1 Å². The zero-order chi connectivity index (χ0) is 18.4. The third-order valence-electron chi connectivity index (χ3n) is 3.50. The molecule has 0 heterocycles. The van der Waals surface area contributed by atoms with Gasteiger partial charge in [0.1, 0.15) is 5.75 Å². The molecule has 0 aliphatic carbocycles. The monoisotopic (exact) mass is 343 g/mol. The number of carbonyl (C=O) groups is 2. The molecule has 0 aliphatic heterocycles. The molecule has 0 bridgehead atoms. The summed E-state index contributed by atoms with van der Waals surface area (Å²) in [6, 6.07) is 11.4. The summed E-state index contributed by atoms with van der Waals surface area (Å²) in [5, 5.41) is 11.9. The Morgan fingerprint density at radius 1 is 1.12 bits per heavy atom. The number of nitrogens with one attached hydrogen (secondary N) is 1. The first kappa shape index (κ1) is 18.5. The van der Waals surface area contributed by atoms with E-state index in [1.54, 1.807) is 18.2 Å². The first-order chi connectivity index (χ1) is 11.9. The second kappa shape index (κ2) is 8.30. The van der Waals surface area contributed by atoms with Gasteiger partial charge in [-0.15, -0.1) is 0 Å². The topological polar surface area (TPSA) is 84.9 Å². The molecule has 0 atom stereocenters. The molecule has 2 aromatic carbocycles. The number of anilines is 1. The van der Waals surface area contributed by atoms with E-state index in [9.17, 15) is 14.7 Å². The van der Waals surface area contributed by atoms with E-state index in [2.05, 4.69) is 5.32 Å². The Kier molecular flexibility index (Phi) is 6.14. The summed E-state index contributed by atoms with van der Waals surface area (Å²) in [6.07, 6.45) is 0.132. The number of hydrogen-bond donors (Lipinski definition) is 2. The van der Waals surface area contributed by atoms with Crippen LogP contribution in [-0.2, 0) is 11.3 Å². The van der Waals surface area contributed by atoms with E-state index < -0.39 is 5.97 Å². The van der Waals surface area contributed by atoms with Crippen molar-refractivity contribution in [2.24, 2.45) is 0 Å². The molecule has 2 aromatic rings. The lowest BCUT2D eigenvalue weighted by molar-refractivity contribution is 0.0656. The van der Waals surface area contributed by atoms with E-state index in [0.29, 0.717) is 17.9 Å². The van der Waals surface area contributed by atoms with Gasteiger partial charge in [0.2, 0.25) is 0 Å². The summed E-state index contributed by atoms with van der Waals surface area (Å²) in [6.45, 7) is 4.38. The Balaban J connectivity index is 2.13. The first-order valence-electron chi connectivity index (χ1n) is 7.84. The molecule has 6 nitrogen and oxygen atoms in total. The molecule has 0 aliphatic rings. The maximum Gasteiger partial charge on any atom is 0.337 e. The van der Waals surface area contributed by atoms with Crippen molar-refractivity contribution < 1.29 is 24.2 Å². The number of aromatic carboxylic acids is 1. The van der Waals surface area contributed by atoms with E-state index >= 15 is 0 Å². The van der Waals surface area contributed by atoms with Crippen molar-refractivity contribution in [1.82, 2.24) is 0 Å². The van der Waals surface area contributed by atoms with Crippen molar-refractivity contribution >= 4 is 17.6 Å². The largest absolute Gasteiger partial charge is 0.497 e. The van der Waals surface area contributed by atoms with Crippen LogP contribution in [0.2, 0.25) is 0 Å². The average molecular weight is 343 g/mol. The molecule has 0 spiro atoms. The number of amides is 1. The molecule has 0 saturated carbocycles. The summed E-state index contributed by atoms with van der Waals surface area (Å²) in [5.41, 5.74) is 1.57. The van der Waals surface area contributed by atoms with Crippen LogP contribution in [0.1, 0.15) is 40.1 Å². The predicted octanol–water partition coefficient (Wildman–Crippen LogP) is 3.57. The molecule has 2 rings (SSSR count). The minimum absolute atomic E-state index is 0.0327. The number of benzene rings is 2. The Labute approximate surface area is 146 Å². The number of hydrogen-bond acceptors (Lipinski definition) is 4. The summed E-state index contributed by atoms with van der Waals surface area (Å²) < 4.78 is 10.5. The maximum absolute atomic E-state index is 12.4. The number of methoxy groups -OCH3 is 1. The molecule has 132 valence electrons. The zero-order valence-electron chi connectivity index (χ0n) is 14.4. The minimum atomic E-state index is -1.14. The van der Waals surface area contributed by atoms with Crippen LogP contribution in [-0.4, -0.2) is 30.2 Å². The molecular formula is C19H21NO5. The molecular weight excluding hydrogens is 322 g/mol. The van der Waals surface area contributed by atoms with Crippen molar-refractivity contribution in [3.63, 3.8) is 0 Å². The minimum Gasteiger partial charge on any atom is -0.497 e. The highest BCUT2D eigenvalue weighted by Crippen LogP contribution is 2.23. The third-order valence-corrected chi connectivity index (χ3v) is 3.50. The Hall–Kier alpha value is -2.86. The van der Waals surface area contributed by atoms with Crippen LogP contribution in [0.4, 0.5) is 5.69 Å². The number of carbonyl (C=O) groups excluding carboxylic acids is 1. The molecule has 0 unspecified atom stereocenters. The molecule has 0 saturated heterocycles. The van der Waals surface area contributed by atoms with Gasteiger partial charge in [-0.05, 0) is 49.7 Å². The van der Waals surface area contributed by atoms with E-state index in [1.807, 2.05) is 26.0 Å². The SMILES string of the molecule is COc1ccc(NC(=O)c2ccc(COC(C)C)cc2)c(C(=O)O)c1. The van der Waals surface area contributed by atoms with E-state index in [0.717, 1.165) is 5.56 Å². The Morgan fingerprint density at radius 3 is 2.36 bits per heavy atom. The standard InChI is InChI=1S/C19H21NO5/c1-12(2)25-11-13-4-6-14(7-5-13)18(21)20-17-9-8-15(24-3)10-16(17)19(22)23/h4-10,12H,11H2,1-3H3,(H,20,21)(H,22,23). The van der Waals surface area contributed by atoms with Gasteiger partial charge in [-0.3, -0.25) is 4.79 Å². The maximum atomic E-state index is 12.4. The quantitative estimate of drug-likeness (QED) is 0.803. The number of ether oxygens (including phenoxy) is 2. The lowest BCUT2D eigenvalue weighted by atomic mass is 10.1. The smallest absolute Gasteiger partial charge is 0.337 e. The summed E-state index contributed by atoms with van der Waals surface area (Å²) in [5.74, 6) is -1.12. The first-order valence-corrected chi connectivity index (χ1v) is 7.84. The van der Waals surface area contributed by atoms with Gasteiger partial charge in [0.15, 0.2) is 0 Å². The van der Waals surface area contributed by atoms with Gasteiger partial charge in [0, 0.05) is 5.56 Å². The van der Waals surface area contributed by atoms with Gasteiger partial charge in [-0.25, -0.2) is 4.79 Å². The van der Waals surface area contributed by atoms with Gasteiger partial charge in [0.05, 0.1) is 31.1 Å². The molecule has 2 N–H and O–H groups in total. The normalized spacial score (nSPS) is 10.6. The highest BCUT2D eigenvalue weighted by molar-refractivity contribution is 6.07. The van der Waals surface area contributed by atoms with E-state index in [4.69, 9.17) is 9.47 Å². The molecule has 6 heteroatoms. The van der Waals surface area contributed by atoms with Crippen LogP contribution < -0.4 is 10.1 Å². The summed E-state index contributed by atoms with van der Waals surface area (Å²) >= 11 is 0. The molecule has 25 heavy (non-hydrogen) atoms. The second-order valence-electron chi connectivity index (χ2n) is 5.73. The molecule has 0 aromatic heterocycles. The third kappa shape index (κ3) is 5.06. The highest BCUT2D eigenvalue weighted by atomic mass is 16.5. The summed E-state index contributed by atoms with van der Waals surface area (Å²) in [4.78, 5) is 23.7. The van der Waals surface area contributed by atoms with Gasteiger partial charge in [0.25, 0.3) is 5.91 Å². The Morgan fingerprint density at radius 2 is 1.80 bits per heavy atom. The lowest BCUT2D eigenvalue weighted by Crippen LogP contribution is -2.15. The van der Waals surface area contributed by atoms with Crippen LogP contribution in [0, 0.1) is 0 Å². The number of carboxylic acids is 1. The van der Waals surface area contributed by atoms with Crippen LogP contribution in [0.15, 0.2) is 42.5 Å². The van der Waals surface area contributed by atoms with Gasteiger partial charge >= 0.3 is 5.97 Å². The number of rotatable bonds is 7. The van der Waals surface area contributed by atoms with Crippen LogP contribution in [0.3, 0.4) is 0 Å². The molecule has 1 amide bonds. The fourth-order valence-corrected chi connectivity index (χ4v) is 2.15. The van der Waals surface area contributed by atoms with Crippen LogP contribution in [0.5, 0.6) is 5.75 Å². The van der Waals surface area contributed by atoms with E-state index in [1.165, 1.54) is 19.2 Å². The van der Waals surface area contributed by atoms with Gasteiger partial charge in [-0.2, -0.15) is 0 Å². The van der Waals surface area contributed by atoms with Crippen molar-refractivity contribution in [3.8, 4) is 5.75 Å². The molecule has 0 fully saturated rings. The Bertz CT molecular complexity index is 753. The lowest BCUT2D eigenvalue weighted by Gasteiger charge is -2.11. The van der Waals surface area contributed by atoms with Crippen molar-refractivity contribution in [2.45, 2.75) is 26.6 Å². The zero-order valence-corrected chi connectivity index (χ0v) is 14.4. The summed E-state index contributed by atoms with van der Waals surface area (Å²) in [7, 11) is 1.45. The van der Waals surface area contributed by atoms with Crippen molar-refractivity contribution in [1.29, 1.82) is 0 Å². The number of carboxylic acid groups (broad SMARTS) is 1. The second-order valence-corrected chi connectivity index (χ2v) is 5.73. The van der Waals surface area contributed by atoms with Crippen molar-refractivity contribution in [3.05, 3.63) is 59.2 Å². The van der Waals surface area contributed by atoms with Gasteiger partial charge < -0.3 is 19.9 Å². The fourth-order valence-electron chi connectivity index (χ4n) is 2.15. The average Bonchev–Trinajstić information content (AvgIpc) is 2.60. The highest BCUT2D eigenvalue weighted by Gasteiger charge is 2.15. The van der Waals surface area contributed by atoms with Crippen molar-refractivity contribution in [2.75, 3.05) is 12.4 Å². The predicted molar refractivity (Wildman–Crippen MR) is 94.3 cm³/mol. The van der Waals surface area contributed by atoms with Crippen LogP contribution >= 0.6 is 0 Å². The fraction of sp³-hybridized carbons (Fsp3) is 0.263.